The zero-order valence-electron chi connectivity index (χ0n) is 15.4. The van der Waals surface area contributed by atoms with Gasteiger partial charge >= 0.3 is 0 Å². The standard InChI is InChI=1S/C21H27NO3/c1-15(2)18-7-11-20(12-8-18)25-14-21(23)22-17(4)13-24-19-9-5-16(3)6-10-19/h5-12,15,17H,13-14H2,1-4H3,(H,22,23)/t17-/m1/s1. The number of hydrogen-bond donors (Lipinski definition) is 1. The molecule has 134 valence electrons. The van der Waals surface area contributed by atoms with Crippen molar-refractivity contribution in [2.24, 2.45) is 0 Å². The van der Waals surface area contributed by atoms with Crippen molar-refractivity contribution < 1.29 is 14.3 Å². The average molecular weight is 341 g/mol. The molecule has 0 spiro atoms. The van der Waals surface area contributed by atoms with Gasteiger partial charge in [-0.2, -0.15) is 0 Å². The smallest absolute Gasteiger partial charge is 0.258 e. The van der Waals surface area contributed by atoms with Crippen molar-refractivity contribution in [1.82, 2.24) is 5.32 Å². The van der Waals surface area contributed by atoms with Gasteiger partial charge < -0.3 is 14.8 Å². The molecule has 0 bridgehead atoms. The quantitative estimate of drug-likeness (QED) is 0.787. The molecule has 0 fully saturated rings. The van der Waals surface area contributed by atoms with E-state index in [4.69, 9.17) is 9.47 Å². The fraction of sp³-hybridized carbons (Fsp3) is 0.381. The number of benzene rings is 2. The van der Waals surface area contributed by atoms with Crippen molar-refractivity contribution in [2.45, 2.75) is 39.7 Å². The van der Waals surface area contributed by atoms with Crippen molar-refractivity contribution in [1.29, 1.82) is 0 Å². The molecule has 0 saturated heterocycles. The minimum absolute atomic E-state index is 0.00407. The van der Waals surface area contributed by atoms with Gasteiger partial charge in [-0.15, -0.1) is 0 Å². The third-order valence-corrected chi connectivity index (χ3v) is 3.85. The van der Waals surface area contributed by atoms with Gasteiger partial charge in [-0.25, -0.2) is 0 Å². The minimum atomic E-state index is -0.159. The lowest BCUT2D eigenvalue weighted by molar-refractivity contribution is -0.123. The summed E-state index contributed by atoms with van der Waals surface area (Å²) in [6.45, 7) is 8.63. The lowest BCUT2D eigenvalue weighted by Gasteiger charge is -2.15. The average Bonchev–Trinajstić information content (AvgIpc) is 2.60. The van der Waals surface area contributed by atoms with Crippen molar-refractivity contribution in [3.8, 4) is 11.5 Å². The van der Waals surface area contributed by atoms with Gasteiger partial charge in [-0.1, -0.05) is 43.7 Å². The Bertz CT molecular complexity index is 663. The number of ether oxygens (including phenoxy) is 2. The van der Waals surface area contributed by atoms with Crippen LogP contribution in [0.15, 0.2) is 48.5 Å². The van der Waals surface area contributed by atoms with Gasteiger partial charge in [0.1, 0.15) is 18.1 Å². The molecule has 2 rings (SSSR count). The Labute approximate surface area is 150 Å². The maximum absolute atomic E-state index is 12.0. The van der Waals surface area contributed by atoms with E-state index in [0.717, 1.165) is 5.75 Å². The number of rotatable bonds is 8. The largest absolute Gasteiger partial charge is 0.491 e. The summed E-state index contributed by atoms with van der Waals surface area (Å²) in [5, 5.41) is 2.87. The third-order valence-electron chi connectivity index (χ3n) is 3.85. The molecule has 1 N–H and O–H groups in total. The van der Waals surface area contributed by atoms with E-state index >= 15 is 0 Å². The summed E-state index contributed by atoms with van der Waals surface area (Å²) in [5.41, 5.74) is 2.44. The van der Waals surface area contributed by atoms with Crippen LogP contribution in [0, 0.1) is 6.92 Å². The summed E-state index contributed by atoms with van der Waals surface area (Å²) in [4.78, 5) is 12.0. The van der Waals surface area contributed by atoms with E-state index in [0.29, 0.717) is 18.3 Å². The van der Waals surface area contributed by atoms with Gasteiger partial charge in [0.15, 0.2) is 6.61 Å². The Balaban J connectivity index is 1.71. The van der Waals surface area contributed by atoms with E-state index in [-0.39, 0.29) is 18.6 Å². The third kappa shape index (κ3) is 6.49. The maximum Gasteiger partial charge on any atom is 0.258 e. The van der Waals surface area contributed by atoms with E-state index in [9.17, 15) is 4.79 Å². The van der Waals surface area contributed by atoms with E-state index in [1.54, 1.807) is 0 Å². The number of nitrogens with one attached hydrogen (secondary N) is 1. The Kier molecular flexibility index (Phi) is 6.87. The summed E-state index contributed by atoms with van der Waals surface area (Å²) >= 11 is 0. The normalized spacial score (nSPS) is 11.9. The monoisotopic (exact) mass is 341 g/mol. The first-order chi connectivity index (χ1) is 11.9. The van der Waals surface area contributed by atoms with Crippen LogP contribution in [0.4, 0.5) is 0 Å². The van der Waals surface area contributed by atoms with Gasteiger partial charge in [-0.3, -0.25) is 4.79 Å². The SMILES string of the molecule is Cc1ccc(OC[C@@H](C)NC(=O)COc2ccc(C(C)C)cc2)cc1. The van der Waals surface area contributed by atoms with E-state index in [1.165, 1.54) is 11.1 Å². The van der Waals surface area contributed by atoms with Gasteiger partial charge in [0.25, 0.3) is 5.91 Å². The minimum Gasteiger partial charge on any atom is -0.491 e. The molecule has 4 nitrogen and oxygen atoms in total. The first-order valence-electron chi connectivity index (χ1n) is 8.65. The number of carbonyl (C=O) groups excluding carboxylic acids is 1. The highest BCUT2D eigenvalue weighted by molar-refractivity contribution is 5.77. The van der Waals surface area contributed by atoms with Crippen molar-refractivity contribution in [2.75, 3.05) is 13.2 Å². The molecule has 1 amide bonds. The highest BCUT2D eigenvalue weighted by Crippen LogP contribution is 2.18. The number of hydrogen-bond acceptors (Lipinski definition) is 3. The predicted molar refractivity (Wildman–Crippen MR) is 100 cm³/mol. The second-order valence-electron chi connectivity index (χ2n) is 6.61. The summed E-state index contributed by atoms with van der Waals surface area (Å²) in [7, 11) is 0. The molecular formula is C21H27NO3. The molecule has 0 radical (unpaired) electrons. The fourth-order valence-electron chi connectivity index (χ4n) is 2.31. The molecule has 2 aromatic carbocycles. The molecule has 0 heterocycles. The highest BCUT2D eigenvalue weighted by Gasteiger charge is 2.09. The number of aryl methyl sites for hydroxylation is 1. The molecule has 4 heteroatoms. The van der Waals surface area contributed by atoms with Gasteiger partial charge in [-0.05, 0) is 49.6 Å². The zero-order chi connectivity index (χ0) is 18.2. The lowest BCUT2D eigenvalue weighted by Crippen LogP contribution is -2.39. The summed E-state index contributed by atoms with van der Waals surface area (Å²) in [6.07, 6.45) is 0. The molecule has 1 atom stereocenters. The molecule has 0 unspecified atom stereocenters. The van der Waals surface area contributed by atoms with Crippen molar-refractivity contribution in [3.63, 3.8) is 0 Å². The highest BCUT2D eigenvalue weighted by atomic mass is 16.5. The molecule has 0 saturated carbocycles. The number of carbonyl (C=O) groups is 1. The first kappa shape index (κ1) is 18.8. The summed E-state index contributed by atoms with van der Waals surface area (Å²) in [6, 6.07) is 15.6. The van der Waals surface area contributed by atoms with E-state index < -0.39 is 0 Å². The van der Waals surface area contributed by atoms with Crippen LogP contribution in [0.5, 0.6) is 11.5 Å². The Morgan fingerprint density at radius 1 is 0.920 bits per heavy atom. The Morgan fingerprint density at radius 2 is 1.48 bits per heavy atom. The van der Waals surface area contributed by atoms with Gasteiger partial charge in [0.05, 0.1) is 6.04 Å². The van der Waals surface area contributed by atoms with Crippen LogP contribution >= 0.6 is 0 Å². The fourth-order valence-corrected chi connectivity index (χ4v) is 2.31. The molecule has 0 aromatic heterocycles. The summed E-state index contributed by atoms with van der Waals surface area (Å²) in [5.74, 6) is 1.82. The van der Waals surface area contributed by atoms with Crippen LogP contribution in [0.25, 0.3) is 0 Å². The Morgan fingerprint density at radius 3 is 2.08 bits per heavy atom. The second kappa shape index (κ2) is 9.11. The lowest BCUT2D eigenvalue weighted by atomic mass is 10.0. The predicted octanol–water partition coefficient (Wildman–Crippen LogP) is 4.08. The molecule has 0 aliphatic carbocycles. The number of amides is 1. The Hall–Kier alpha value is -2.49. The summed E-state index contributed by atoms with van der Waals surface area (Å²) < 4.78 is 11.2. The van der Waals surface area contributed by atoms with Crippen molar-refractivity contribution in [3.05, 3.63) is 59.7 Å². The van der Waals surface area contributed by atoms with Crippen LogP contribution in [0.2, 0.25) is 0 Å². The molecule has 25 heavy (non-hydrogen) atoms. The van der Waals surface area contributed by atoms with Crippen LogP contribution in [0.3, 0.4) is 0 Å². The van der Waals surface area contributed by atoms with Crippen LogP contribution in [-0.4, -0.2) is 25.2 Å². The van der Waals surface area contributed by atoms with Gasteiger partial charge in [0, 0.05) is 0 Å². The van der Waals surface area contributed by atoms with Crippen LogP contribution in [0.1, 0.15) is 37.8 Å². The molecular weight excluding hydrogens is 314 g/mol. The molecule has 0 aliphatic rings. The van der Waals surface area contributed by atoms with E-state index in [2.05, 4.69) is 19.2 Å². The van der Waals surface area contributed by atoms with E-state index in [1.807, 2.05) is 62.4 Å². The van der Waals surface area contributed by atoms with Crippen LogP contribution in [-0.2, 0) is 4.79 Å². The molecule has 0 aliphatic heterocycles. The molecule has 2 aromatic rings. The second-order valence-corrected chi connectivity index (χ2v) is 6.61. The van der Waals surface area contributed by atoms with Gasteiger partial charge in [0.2, 0.25) is 0 Å². The zero-order valence-corrected chi connectivity index (χ0v) is 15.4. The first-order valence-corrected chi connectivity index (χ1v) is 8.65. The maximum atomic E-state index is 12.0. The topological polar surface area (TPSA) is 47.6 Å². The van der Waals surface area contributed by atoms with Crippen LogP contribution < -0.4 is 14.8 Å². The van der Waals surface area contributed by atoms with Crippen molar-refractivity contribution >= 4 is 5.91 Å².